The molecule has 0 aliphatic rings. The van der Waals surface area contributed by atoms with Gasteiger partial charge in [0, 0.05) is 19.3 Å². The standard InChI is InChI=1S/C75H120O6/c1-4-7-10-13-16-19-22-24-26-28-29-30-31-32-33-34-35-36-37-38-39-40-41-42-43-44-45-47-48-50-53-56-59-62-65-68-74(77)80-71-72(70-79-73(76)67-64-61-58-55-52-21-18-15-12-9-6-3)81-75(78)69-66-63-60-57-54-51-49-46-27-25-23-20-17-14-11-8-5-2/h7-8,10-11,16-17,19-20,24-27,29-30,32-33,35-36,38-39,41-42,44-45,49,51,72H,4-6,9,12-15,18,21-23,28,31,34,37,40,43,46-48,50,52-71H2,1-3H3/b10-7-,11-8-,19-16-,20-17-,26-24-,27-25-,30-29-,33-32-,36-35-,39-38-,42-41-,45-44-,51-49-. The lowest BCUT2D eigenvalue weighted by molar-refractivity contribution is -0.167. The second-order valence-corrected chi connectivity index (χ2v) is 21.3. The fourth-order valence-electron chi connectivity index (χ4n) is 8.66. The lowest BCUT2D eigenvalue weighted by Gasteiger charge is -2.18. The van der Waals surface area contributed by atoms with Gasteiger partial charge in [0.2, 0.25) is 0 Å². The minimum atomic E-state index is -0.801. The average molecular weight is 1120 g/mol. The number of allylic oxidation sites excluding steroid dienone is 26. The predicted octanol–water partition coefficient (Wildman–Crippen LogP) is 22.9. The van der Waals surface area contributed by atoms with E-state index in [1.165, 1.54) is 77.0 Å². The summed E-state index contributed by atoms with van der Waals surface area (Å²) in [5, 5.41) is 0. The molecule has 0 rings (SSSR count). The Bertz CT molecular complexity index is 1810. The number of unbranched alkanes of at least 4 members (excludes halogenated alkanes) is 21. The van der Waals surface area contributed by atoms with Crippen LogP contribution in [0.15, 0.2) is 158 Å². The Morgan fingerprint density at radius 3 is 0.753 bits per heavy atom. The summed E-state index contributed by atoms with van der Waals surface area (Å²) < 4.78 is 16.9. The van der Waals surface area contributed by atoms with E-state index in [0.717, 1.165) is 161 Å². The van der Waals surface area contributed by atoms with Crippen molar-refractivity contribution in [3.05, 3.63) is 158 Å². The van der Waals surface area contributed by atoms with Crippen LogP contribution in [0.4, 0.5) is 0 Å². The number of carbonyl (C=O) groups is 3. The van der Waals surface area contributed by atoms with Crippen LogP contribution < -0.4 is 0 Å². The highest BCUT2D eigenvalue weighted by Crippen LogP contribution is 2.15. The van der Waals surface area contributed by atoms with Crippen LogP contribution in [0.1, 0.15) is 278 Å². The van der Waals surface area contributed by atoms with E-state index in [0.29, 0.717) is 19.3 Å². The van der Waals surface area contributed by atoms with E-state index in [-0.39, 0.29) is 31.1 Å². The number of carbonyl (C=O) groups excluding carboxylic acids is 3. The third kappa shape index (κ3) is 65.7. The van der Waals surface area contributed by atoms with Crippen molar-refractivity contribution in [3.8, 4) is 0 Å². The molecule has 0 aromatic rings. The molecule has 0 heterocycles. The van der Waals surface area contributed by atoms with Crippen LogP contribution in [-0.2, 0) is 28.6 Å². The van der Waals surface area contributed by atoms with E-state index in [1.807, 2.05) is 0 Å². The summed E-state index contributed by atoms with van der Waals surface area (Å²) in [5.74, 6) is -0.932. The van der Waals surface area contributed by atoms with Crippen LogP contribution >= 0.6 is 0 Å². The van der Waals surface area contributed by atoms with E-state index in [9.17, 15) is 14.4 Å². The molecule has 0 saturated carbocycles. The van der Waals surface area contributed by atoms with Gasteiger partial charge >= 0.3 is 17.9 Å². The normalized spacial score (nSPS) is 13.2. The Morgan fingerprint density at radius 2 is 0.481 bits per heavy atom. The first-order valence-corrected chi connectivity index (χ1v) is 33.0. The molecule has 456 valence electrons. The Balaban J connectivity index is 4.28. The quantitative estimate of drug-likeness (QED) is 0.0261. The van der Waals surface area contributed by atoms with Crippen LogP contribution in [0.25, 0.3) is 0 Å². The highest BCUT2D eigenvalue weighted by atomic mass is 16.6. The van der Waals surface area contributed by atoms with E-state index < -0.39 is 6.10 Å². The topological polar surface area (TPSA) is 78.9 Å². The van der Waals surface area contributed by atoms with Gasteiger partial charge < -0.3 is 14.2 Å². The molecule has 0 bridgehead atoms. The van der Waals surface area contributed by atoms with Gasteiger partial charge in [0.15, 0.2) is 6.10 Å². The Morgan fingerprint density at radius 1 is 0.259 bits per heavy atom. The third-order valence-electron chi connectivity index (χ3n) is 13.5. The molecule has 0 saturated heterocycles. The van der Waals surface area contributed by atoms with Crippen molar-refractivity contribution in [1.29, 1.82) is 0 Å². The number of hydrogen-bond acceptors (Lipinski definition) is 6. The third-order valence-corrected chi connectivity index (χ3v) is 13.5. The lowest BCUT2D eigenvalue weighted by Crippen LogP contribution is -2.30. The van der Waals surface area contributed by atoms with Crippen molar-refractivity contribution < 1.29 is 28.6 Å². The van der Waals surface area contributed by atoms with Crippen LogP contribution in [0.5, 0.6) is 0 Å². The average Bonchev–Trinajstić information content (AvgIpc) is 3.47. The molecule has 6 heteroatoms. The number of rotatable bonds is 58. The molecule has 0 aliphatic heterocycles. The van der Waals surface area contributed by atoms with Gasteiger partial charge in [0.25, 0.3) is 0 Å². The molecule has 0 fully saturated rings. The molecule has 1 unspecified atom stereocenters. The molecule has 0 spiro atoms. The molecule has 0 aromatic carbocycles. The zero-order valence-corrected chi connectivity index (χ0v) is 52.2. The summed E-state index contributed by atoms with van der Waals surface area (Å²) in [6, 6.07) is 0. The largest absolute Gasteiger partial charge is 0.462 e. The summed E-state index contributed by atoms with van der Waals surface area (Å²) in [4.78, 5) is 38.2. The lowest BCUT2D eigenvalue weighted by atomic mass is 10.1. The van der Waals surface area contributed by atoms with Crippen LogP contribution in [-0.4, -0.2) is 37.2 Å². The highest BCUT2D eigenvalue weighted by molar-refractivity contribution is 5.71. The van der Waals surface area contributed by atoms with Crippen LogP contribution in [0.2, 0.25) is 0 Å². The molecule has 0 amide bonds. The van der Waals surface area contributed by atoms with E-state index in [2.05, 4.69) is 179 Å². The van der Waals surface area contributed by atoms with Crippen molar-refractivity contribution in [2.24, 2.45) is 0 Å². The fraction of sp³-hybridized carbons (Fsp3) is 0.613. The van der Waals surface area contributed by atoms with Crippen molar-refractivity contribution in [3.63, 3.8) is 0 Å². The van der Waals surface area contributed by atoms with Crippen LogP contribution in [0.3, 0.4) is 0 Å². The van der Waals surface area contributed by atoms with E-state index in [4.69, 9.17) is 14.2 Å². The van der Waals surface area contributed by atoms with Gasteiger partial charge in [-0.1, -0.05) is 288 Å². The fourth-order valence-corrected chi connectivity index (χ4v) is 8.66. The summed E-state index contributed by atoms with van der Waals surface area (Å²) in [7, 11) is 0. The van der Waals surface area contributed by atoms with Crippen molar-refractivity contribution in [2.75, 3.05) is 13.2 Å². The molecule has 6 nitrogen and oxygen atoms in total. The predicted molar refractivity (Wildman–Crippen MR) is 352 cm³/mol. The molecular formula is C75H120O6. The Labute approximate surface area is 499 Å². The minimum Gasteiger partial charge on any atom is -0.462 e. The summed E-state index contributed by atoms with van der Waals surface area (Å²) >= 11 is 0. The molecule has 0 aromatic heterocycles. The van der Waals surface area contributed by atoms with Gasteiger partial charge in [-0.15, -0.1) is 0 Å². The molecule has 0 aliphatic carbocycles. The van der Waals surface area contributed by atoms with Gasteiger partial charge in [-0.2, -0.15) is 0 Å². The summed E-state index contributed by atoms with van der Waals surface area (Å²) in [6.45, 7) is 6.37. The van der Waals surface area contributed by atoms with Gasteiger partial charge in [-0.05, 0) is 128 Å². The maximum atomic E-state index is 12.9. The first kappa shape index (κ1) is 76.0. The first-order chi connectivity index (χ1) is 40.0. The van der Waals surface area contributed by atoms with Gasteiger partial charge in [0.05, 0.1) is 0 Å². The monoisotopic (exact) mass is 1120 g/mol. The van der Waals surface area contributed by atoms with Crippen LogP contribution in [0, 0.1) is 0 Å². The maximum Gasteiger partial charge on any atom is 0.306 e. The van der Waals surface area contributed by atoms with Gasteiger partial charge in [0.1, 0.15) is 13.2 Å². The van der Waals surface area contributed by atoms with Gasteiger partial charge in [-0.3, -0.25) is 14.4 Å². The first-order valence-electron chi connectivity index (χ1n) is 33.0. The van der Waals surface area contributed by atoms with Crippen molar-refractivity contribution in [1.82, 2.24) is 0 Å². The Hall–Kier alpha value is -4.97. The summed E-state index contributed by atoms with van der Waals surface area (Å²) in [6.07, 6.45) is 98.3. The maximum absolute atomic E-state index is 12.9. The van der Waals surface area contributed by atoms with Crippen molar-refractivity contribution in [2.45, 2.75) is 284 Å². The number of esters is 3. The zero-order valence-electron chi connectivity index (χ0n) is 52.2. The Kier molecular flexibility index (Phi) is 63.4. The molecule has 0 N–H and O–H groups in total. The SMILES string of the molecule is CC/C=C\C/C=C\C/C=C\C/C=C\C/C=C\C/C=C\C/C=C\C/C=C\C/C=C\CCCCCCCCCC(=O)OCC(COC(=O)CCCCCCCCCCCCC)OC(=O)CCCCCC/C=C\C/C=C\C/C=C\C/C=C\CC. The van der Waals surface area contributed by atoms with E-state index in [1.54, 1.807) is 0 Å². The molecule has 1 atom stereocenters. The molecule has 0 radical (unpaired) electrons. The minimum absolute atomic E-state index is 0.0945. The van der Waals surface area contributed by atoms with E-state index >= 15 is 0 Å². The molecule has 81 heavy (non-hydrogen) atoms. The smallest absolute Gasteiger partial charge is 0.306 e. The van der Waals surface area contributed by atoms with Gasteiger partial charge in [-0.25, -0.2) is 0 Å². The summed E-state index contributed by atoms with van der Waals surface area (Å²) in [5.41, 5.74) is 0. The molecular weight excluding hydrogens is 997 g/mol. The second-order valence-electron chi connectivity index (χ2n) is 21.3. The van der Waals surface area contributed by atoms with Crippen molar-refractivity contribution >= 4 is 17.9 Å². The number of ether oxygens (including phenoxy) is 3. The highest BCUT2D eigenvalue weighted by Gasteiger charge is 2.19. The second kappa shape index (κ2) is 67.5. The number of hydrogen-bond donors (Lipinski definition) is 0. The zero-order chi connectivity index (χ0) is 58.5.